The standard InChI is InChI=1S/C46H48FN7O7/c1-53-33(27-60-34-9-5-8-31(21-34)43(30-6-3-2-4-7-30)51-46(59)61-41-26-54-18-16-29(41)17-19-54)22-38(52-53)45(58)49-23-28-10-11-32(37(47)20-28)24-48-25-40(56)35-12-14-39(55)44-36(35)13-15-42(57)50-44/h2-15,20-22,29,40-41,43,48,55-56H,16-19,23-27H2,1H3,(H,49,58)(H,50,57)(H,51,59)/t40-,41+,43?/m1/s1. The number of amides is 2. The molecule has 0 spiro atoms. The van der Waals surface area contributed by atoms with E-state index >= 15 is 4.39 Å². The number of carbonyl (C=O) groups excluding carboxylic acids is 2. The molecule has 3 fully saturated rings. The van der Waals surface area contributed by atoms with E-state index in [0.717, 1.165) is 43.6 Å². The third kappa shape index (κ3) is 9.75. The monoisotopic (exact) mass is 829 g/mol. The van der Waals surface area contributed by atoms with Crippen molar-refractivity contribution in [2.24, 2.45) is 13.0 Å². The SMILES string of the molecule is Cn1nc(C(=O)NCc2ccc(CNC[C@@H](O)c3ccc(O)c4[nH]c(=O)ccc34)c(F)c2)cc1COc1cccc(C(NC(=O)O[C@H]2CN3CCC2CC3)c2ccccc2)c1. The summed E-state index contributed by atoms with van der Waals surface area (Å²) in [4.78, 5) is 43.0. The van der Waals surface area contributed by atoms with Crippen LogP contribution >= 0.6 is 0 Å². The number of aromatic amines is 1. The van der Waals surface area contributed by atoms with Crippen LogP contribution in [0, 0.1) is 11.7 Å². The third-order valence-electron chi connectivity index (χ3n) is 11.5. The van der Waals surface area contributed by atoms with Crippen molar-refractivity contribution < 1.29 is 33.7 Å². The molecule has 2 amide bonds. The second kappa shape index (κ2) is 18.4. The lowest BCUT2D eigenvalue weighted by Crippen LogP contribution is -2.52. The number of aliphatic hydroxyl groups is 1. The zero-order chi connectivity index (χ0) is 42.5. The van der Waals surface area contributed by atoms with Crippen molar-refractivity contribution in [3.05, 3.63) is 159 Å². The number of aromatic nitrogens is 3. The number of halogens is 1. The number of phenols is 1. The van der Waals surface area contributed by atoms with Gasteiger partial charge in [0.2, 0.25) is 5.56 Å². The van der Waals surface area contributed by atoms with Crippen LogP contribution in [0.2, 0.25) is 0 Å². The van der Waals surface area contributed by atoms with Crippen LogP contribution in [0.1, 0.15) is 69.0 Å². The highest BCUT2D eigenvalue weighted by Crippen LogP contribution is 2.31. The Morgan fingerprint density at radius 3 is 2.52 bits per heavy atom. The minimum Gasteiger partial charge on any atom is -0.506 e. The molecular formula is C46H48FN7O7. The van der Waals surface area contributed by atoms with Gasteiger partial charge in [-0.2, -0.15) is 5.10 Å². The highest BCUT2D eigenvalue weighted by Gasteiger charge is 2.37. The Morgan fingerprint density at radius 2 is 1.75 bits per heavy atom. The van der Waals surface area contributed by atoms with Crippen LogP contribution < -0.4 is 26.2 Å². The summed E-state index contributed by atoms with van der Waals surface area (Å²) in [6.45, 7) is 3.29. The molecule has 14 nitrogen and oxygen atoms in total. The fourth-order valence-corrected chi connectivity index (χ4v) is 8.15. The normalized spacial score (nSPS) is 18.0. The Kier molecular flexibility index (Phi) is 12.4. The van der Waals surface area contributed by atoms with Crippen molar-refractivity contribution in [3.63, 3.8) is 0 Å². The van der Waals surface area contributed by atoms with Crippen molar-refractivity contribution in [1.29, 1.82) is 0 Å². The van der Waals surface area contributed by atoms with Gasteiger partial charge in [0.15, 0.2) is 5.69 Å². The summed E-state index contributed by atoms with van der Waals surface area (Å²) in [5.41, 5.74) is 3.83. The van der Waals surface area contributed by atoms with Crippen LogP contribution in [0.3, 0.4) is 0 Å². The zero-order valence-electron chi connectivity index (χ0n) is 33.6. The number of nitrogens with one attached hydrogen (secondary N) is 4. The maximum atomic E-state index is 15.1. The van der Waals surface area contributed by atoms with Crippen LogP contribution in [-0.4, -0.2) is 74.2 Å². The molecule has 0 aliphatic carbocycles. The average molecular weight is 830 g/mol. The summed E-state index contributed by atoms with van der Waals surface area (Å²) < 4.78 is 28.8. The lowest BCUT2D eigenvalue weighted by atomic mass is 9.86. The Balaban J connectivity index is 0.835. The number of benzene rings is 4. The molecular weight excluding hydrogens is 782 g/mol. The summed E-state index contributed by atoms with van der Waals surface area (Å²) >= 11 is 0. The summed E-state index contributed by atoms with van der Waals surface area (Å²) in [6.07, 6.45) is 0.531. The number of rotatable bonds is 15. The highest BCUT2D eigenvalue weighted by molar-refractivity contribution is 5.92. The number of phenolic OH excluding ortho intramolecular Hbond substituents is 1. The summed E-state index contributed by atoms with van der Waals surface area (Å²) in [5.74, 6) is -0.0498. The summed E-state index contributed by atoms with van der Waals surface area (Å²) in [6, 6.07) is 28.9. The molecule has 4 aromatic carbocycles. The van der Waals surface area contributed by atoms with Crippen LogP contribution in [0.15, 0.2) is 108 Å². The fourth-order valence-electron chi connectivity index (χ4n) is 8.15. The number of aromatic hydroxyl groups is 1. The van der Waals surface area contributed by atoms with Gasteiger partial charge in [-0.15, -0.1) is 0 Å². The van der Waals surface area contributed by atoms with E-state index in [1.165, 1.54) is 24.3 Å². The predicted molar refractivity (Wildman–Crippen MR) is 225 cm³/mol. The van der Waals surface area contributed by atoms with E-state index < -0.39 is 30.0 Å². The molecule has 2 aromatic heterocycles. The second-order valence-electron chi connectivity index (χ2n) is 15.6. The van der Waals surface area contributed by atoms with Gasteiger partial charge < -0.3 is 40.6 Å². The van der Waals surface area contributed by atoms with Gasteiger partial charge in [-0.3, -0.25) is 19.2 Å². The van der Waals surface area contributed by atoms with Gasteiger partial charge >= 0.3 is 6.09 Å². The molecule has 3 aliphatic heterocycles. The van der Waals surface area contributed by atoms with Crippen LogP contribution in [-0.2, 0) is 31.5 Å². The largest absolute Gasteiger partial charge is 0.506 e. The van der Waals surface area contributed by atoms with Crippen molar-refractivity contribution in [3.8, 4) is 11.5 Å². The molecule has 1 unspecified atom stereocenters. The van der Waals surface area contributed by atoms with Crippen LogP contribution in [0.5, 0.6) is 11.5 Å². The van der Waals surface area contributed by atoms with Crippen LogP contribution in [0.25, 0.3) is 10.9 Å². The molecule has 6 N–H and O–H groups in total. The van der Waals surface area contributed by atoms with E-state index in [1.807, 2.05) is 54.6 Å². The molecule has 0 radical (unpaired) electrons. The summed E-state index contributed by atoms with van der Waals surface area (Å²) in [7, 11) is 1.72. The molecule has 5 heterocycles. The van der Waals surface area contributed by atoms with E-state index in [0.29, 0.717) is 39.4 Å². The van der Waals surface area contributed by atoms with E-state index in [4.69, 9.17) is 9.47 Å². The molecule has 316 valence electrons. The minimum absolute atomic E-state index is 0.0667. The molecule has 61 heavy (non-hydrogen) atoms. The fraction of sp³-hybridized carbons (Fsp3) is 0.304. The van der Waals surface area contributed by atoms with Crippen molar-refractivity contribution in [1.82, 2.24) is 35.6 Å². The van der Waals surface area contributed by atoms with E-state index in [1.54, 1.807) is 36.0 Å². The first kappa shape index (κ1) is 41.2. The highest BCUT2D eigenvalue weighted by atomic mass is 19.1. The van der Waals surface area contributed by atoms with Gasteiger partial charge in [-0.05, 0) is 90.5 Å². The lowest BCUT2D eigenvalue weighted by Gasteiger charge is -2.43. The number of aliphatic hydroxyl groups excluding tert-OH is 1. The molecule has 6 aromatic rings. The van der Waals surface area contributed by atoms with Gasteiger partial charge in [0.25, 0.3) is 5.91 Å². The van der Waals surface area contributed by atoms with Gasteiger partial charge in [-0.1, -0.05) is 60.7 Å². The number of fused-ring (bicyclic) bond motifs is 4. The number of pyridine rings is 1. The number of piperidine rings is 3. The number of ether oxygens (including phenoxy) is 2. The first-order valence-electron chi connectivity index (χ1n) is 20.4. The molecule has 0 saturated carbocycles. The summed E-state index contributed by atoms with van der Waals surface area (Å²) in [5, 5.41) is 34.8. The molecule has 3 aliphatic rings. The molecule has 2 bridgehead atoms. The maximum Gasteiger partial charge on any atom is 0.408 e. The first-order chi connectivity index (χ1) is 29.6. The van der Waals surface area contributed by atoms with Gasteiger partial charge in [0.1, 0.15) is 30.0 Å². The number of aryl methyl sites for hydroxylation is 1. The zero-order valence-corrected chi connectivity index (χ0v) is 33.6. The molecule has 3 saturated heterocycles. The Labute approximate surface area is 351 Å². The quantitative estimate of drug-likeness (QED) is 0.0790. The molecule has 15 heteroatoms. The smallest absolute Gasteiger partial charge is 0.408 e. The third-order valence-corrected chi connectivity index (χ3v) is 11.5. The van der Waals surface area contributed by atoms with Gasteiger partial charge in [-0.25, -0.2) is 9.18 Å². The molecule has 3 atom stereocenters. The number of hydrogen-bond donors (Lipinski definition) is 6. The van der Waals surface area contributed by atoms with Crippen LogP contribution in [0.4, 0.5) is 9.18 Å². The van der Waals surface area contributed by atoms with Crippen molar-refractivity contribution >= 4 is 22.9 Å². The Morgan fingerprint density at radius 1 is 0.951 bits per heavy atom. The first-order valence-corrected chi connectivity index (χ1v) is 20.4. The number of carbonyl (C=O) groups is 2. The topological polar surface area (TPSA) is 183 Å². The minimum atomic E-state index is -0.991. The molecule has 9 rings (SSSR count). The number of nitrogens with zero attached hydrogens (tertiary/aromatic N) is 3. The van der Waals surface area contributed by atoms with E-state index in [9.17, 15) is 24.6 Å². The number of hydrogen-bond acceptors (Lipinski definition) is 10. The van der Waals surface area contributed by atoms with E-state index in [2.05, 4.69) is 30.9 Å². The van der Waals surface area contributed by atoms with Crippen molar-refractivity contribution in [2.45, 2.75) is 50.8 Å². The average Bonchev–Trinajstić information content (AvgIpc) is 3.65. The van der Waals surface area contributed by atoms with Gasteiger partial charge in [0, 0.05) is 50.2 Å². The predicted octanol–water partition coefficient (Wildman–Crippen LogP) is 5.35. The Bertz CT molecular complexity index is 2570. The maximum absolute atomic E-state index is 15.1. The van der Waals surface area contributed by atoms with Crippen molar-refractivity contribution in [2.75, 3.05) is 26.2 Å². The number of H-pyrrole nitrogens is 1. The van der Waals surface area contributed by atoms with E-state index in [-0.39, 0.29) is 54.9 Å². The number of alkyl carbamates (subject to hydrolysis) is 1. The van der Waals surface area contributed by atoms with Gasteiger partial charge in [0.05, 0.1) is 23.4 Å². The lowest BCUT2D eigenvalue weighted by molar-refractivity contribution is -0.0336. The Hall–Kier alpha value is -6.55. The second-order valence-corrected chi connectivity index (χ2v) is 15.6.